The second-order valence-corrected chi connectivity index (χ2v) is 7.31. The Kier molecular flexibility index (Phi) is 4.64. The monoisotopic (exact) mass is 298 g/mol. The Morgan fingerprint density at radius 1 is 1.10 bits per heavy atom. The molecule has 1 saturated heterocycles. The average Bonchev–Trinajstić information content (AvgIpc) is 2.41. The molecule has 1 aromatic rings. The highest BCUT2D eigenvalue weighted by atomic mass is 32.2. The summed E-state index contributed by atoms with van der Waals surface area (Å²) < 4.78 is 25.8. The Morgan fingerprint density at radius 3 is 2.30 bits per heavy atom. The summed E-state index contributed by atoms with van der Waals surface area (Å²) in [6, 6.07) is 7.01. The third-order valence-electron chi connectivity index (χ3n) is 3.43. The molecule has 1 aromatic carbocycles. The lowest BCUT2D eigenvalue weighted by atomic mass is 10.3. The van der Waals surface area contributed by atoms with Gasteiger partial charge in [-0.25, -0.2) is 17.7 Å². The van der Waals surface area contributed by atoms with Crippen LogP contribution < -0.4 is 5.43 Å². The number of benzene rings is 1. The standard InChI is InChI=1S/C13H22N4O2S/c1-15(2)20(18,19)13-7-5-4-6-12(13)14-17-10-8-16(3)9-11-17/h4-7,14H,8-11H2,1-3H3. The predicted octanol–water partition coefficient (Wildman–Crippen LogP) is 0.511. The zero-order valence-electron chi connectivity index (χ0n) is 12.2. The second-order valence-electron chi connectivity index (χ2n) is 5.19. The summed E-state index contributed by atoms with van der Waals surface area (Å²) in [7, 11) is 1.74. The normalized spacial score (nSPS) is 18.4. The van der Waals surface area contributed by atoms with Crippen molar-refractivity contribution < 1.29 is 8.42 Å². The van der Waals surface area contributed by atoms with Crippen LogP contribution in [0.1, 0.15) is 0 Å². The van der Waals surface area contributed by atoms with E-state index in [-0.39, 0.29) is 0 Å². The lowest BCUT2D eigenvalue weighted by Gasteiger charge is -2.33. The molecule has 0 amide bonds. The Hall–Kier alpha value is -1.15. The minimum atomic E-state index is -3.44. The molecule has 0 aliphatic carbocycles. The van der Waals surface area contributed by atoms with Gasteiger partial charge in [-0.2, -0.15) is 0 Å². The van der Waals surface area contributed by atoms with Gasteiger partial charge < -0.3 is 10.3 Å². The molecule has 0 radical (unpaired) electrons. The molecule has 6 nitrogen and oxygen atoms in total. The first-order chi connectivity index (χ1) is 9.41. The van der Waals surface area contributed by atoms with E-state index in [1.54, 1.807) is 32.3 Å². The zero-order chi connectivity index (χ0) is 14.8. The fourth-order valence-corrected chi connectivity index (χ4v) is 3.10. The maximum Gasteiger partial charge on any atom is 0.244 e. The molecular formula is C13H22N4O2S. The molecule has 1 N–H and O–H groups in total. The first-order valence-electron chi connectivity index (χ1n) is 6.63. The summed E-state index contributed by atoms with van der Waals surface area (Å²) in [5, 5.41) is 2.06. The van der Waals surface area contributed by atoms with E-state index in [4.69, 9.17) is 0 Å². The maximum atomic E-state index is 12.3. The molecule has 0 spiro atoms. The van der Waals surface area contributed by atoms with Crippen LogP contribution in [0.4, 0.5) is 5.69 Å². The van der Waals surface area contributed by atoms with E-state index in [2.05, 4.69) is 22.4 Å². The third-order valence-corrected chi connectivity index (χ3v) is 5.30. The van der Waals surface area contributed by atoms with Crippen LogP contribution in [0.2, 0.25) is 0 Å². The largest absolute Gasteiger partial charge is 0.317 e. The number of para-hydroxylation sites is 1. The van der Waals surface area contributed by atoms with Crippen molar-refractivity contribution in [2.45, 2.75) is 4.90 Å². The average molecular weight is 298 g/mol. The number of nitrogens with zero attached hydrogens (tertiary/aromatic N) is 3. The molecule has 1 aliphatic heterocycles. The SMILES string of the molecule is CN1CCN(Nc2ccccc2S(=O)(=O)N(C)C)CC1. The molecule has 0 bridgehead atoms. The number of sulfonamides is 1. The number of nitrogens with one attached hydrogen (secondary N) is 1. The molecule has 1 aliphatic rings. The fourth-order valence-electron chi connectivity index (χ4n) is 2.07. The molecule has 0 atom stereocenters. The quantitative estimate of drug-likeness (QED) is 0.878. The topological polar surface area (TPSA) is 55.9 Å². The van der Waals surface area contributed by atoms with Crippen LogP contribution in [-0.2, 0) is 10.0 Å². The molecular weight excluding hydrogens is 276 g/mol. The van der Waals surface area contributed by atoms with Crippen molar-refractivity contribution in [3.8, 4) is 0 Å². The minimum Gasteiger partial charge on any atom is -0.317 e. The molecule has 0 unspecified atom stereocenters. The molecule has 7 heteroatoms. The van der Waals surface area contributed by atoms with Crippen LogP contribution in [0, 0.1) is 0 Å². The van der Waals surface area contributed by atoms with E-state index in [0.29, 0.717) is 10.6 Å². The number of hydrazine groups is 1. The first-order valence-corrected chi connectivity index (χ1v) is 8.07. The van der Waals surface area contributed by atoms with Gasteiger partial charge >= 0.3 is 0 Å². The van der Waals surface area contributed by atoms with Gasteiger partial charge in [-0.05, 0) is 19.2 Å². The predicted molar refractivity (Wildman–Crippen MR) is 80.0 cm³/mol. The van der Waals surface area contributed by atoms with Crippen molar-refractivity contribution in [2.75, 3.05) is 52.7 Å². The van der Waals surface area contributed by atoms with E-state index in [1.165, 1.54) is 4.31 Å². The van der Waals surface area contributed by atoms with Crippen LogP contribution in [0.5, 0.6) is 0 Å². The van der Waals surface area contributed by atoms with Crippen molar-refractivity contribution in [3.05, 3.63) is 24.3 Å². The van der Waals surface area contributed by atoms with Crippen molar-refractivity contribution in [1.29, 1.82) is 0 Å². The smallest absolute Gasteiger partial charge is 0.244 e. The number of piperazine rings is 1. The van der Waals surface area contributed by atoms with Crippen LogP contribution in [0.15, 0.2) is 29.2 Å². The highest BCUT2D eigenvalue weighted by molar-refractivity contribution is 7.89. The van der Waals surface area contributed by atoms with Gasteiger partial charge in [0.1, 0.15) is 4.90 Å². The summed E-state index contributed by atoms with van der Waals surface area (Å²) in [5.41, 5.74) is 3.86. The van der Waals surface area contributed by atoms with Crippen LogP contribution in [0.25, 0.3) is 0 Å². The molecule has 2 rings (SSSR count). The third kappa shape index (κ3) is 3.29. The Bertz CT molecular complexity index is 551. The van der Waals surface area contributed by atoms with E-state index < -0.39 is 10.0 Å². The summed E-state index contributed by atoms with van der Waals surface area (Å²) in [6.07, 6.45) is 0. The summed E-state index contributed by atoms with van der Waals surface area (Å²) >= 11 is 0. The number of rotatable bonds is 4. The number of likely N-dealkylation sites (N-methyl/N-ethyl adjacent to an activating group) is 1. The Labute approximate surface area is 121 Å². The zero-order valence-corrected chi connectivity index (χ0v) is 13.0. The van der Waals surface area contributed by atoms with Gasteiger partial charge in [0.15, 0.2) is 0 Å². The Balaban J connectivity index is 2.21. The minimum absolute atomic E-state index is 0.309. The lowest BCUT2D eigenvalue weighted by molar-refractivity contribution is 0.178. The lowest BCUT2D eigenvalue weighted by Crippen LogP contribution is -2.47. The van der Waals surface area contributed by atoms with Gasteiger partial charge in [-0.1, -0.05) is 12.1 Å². The van der Waals surface area contributed by atoms with Gasteiger partial charge in [-0.15, -0.1) is 0 Å². The maximum absolute atomic E-state index is 12.3. The van der Waals surface area contributed by atoms with Crippen molar-refractivity contribution >= 4 is 15.7 Å². The molecule has 0 aromatic heterocycles. The number of hydrogen-bond acceptors (Lipinski definition) is 5. The Morgan fingerprint density at radius 2 is 1.70 bits per heavy atom. The van der Waals surface area contributed by atoms with Crippen molar-refractivity contribution in [3.63, 3.8) is 0 Å². The van der Waals surface area contributed by atoms with E-state index in [1.807, 2.05) is 6.07 Å². The van der Waals surface area contributed by atoms with E-state index in [0.717, 1.165) is 26.2 Å². The highest BCUT2D eigenvalue weighted by Crippen LogP contribution is 2.23. The molecule has 20 heavy (non-hydrogen) atoms. The molecule has 1 heterocycles. The van der Waals surface area contributed by atoms with Gasteiger partial charge in [0.25, 0.3) is 0 Å². The summed E-state index contributed by atoms with van der Waals surface area (Å²) in [5.74, 6) is 0. The van der Waals surface area contributed by atoms with Gasteiger partial charge in [0.05, 0.1) is 5.69 Å². The van der Waals surface area contributed by atoms with Crippen LogP contribution >= 0.6 is 0 Å². The van der Waals surface area contributed by atoms with E-state index >= 15 is 0 Å². The van der Waals surface area contributed by atoms with Crippen LogP contribution in [-0.4, -0.2) is 70.0 Å². The number of hydrogen-bond donors (Lipinski definition) is 1. The summed E-state index contributed by atoms with van der Waals surface area (Å²) in [6.45, 7) is 3.67. The number of anilines is 1. The summed E-state index contributed by atoms with van der Waals surface area (Å²) in [4.78, 5) is 2.56. The molecule has 0 saturated carbocycles. The van der Waals surface area contributed by atoms with Crippen molar-refractivity contribution in [1.82, 2.24) is 14.2 Å². The van der Waals surface area contributed by atoms with E-state index in [9.17, 15) is 8.42 Å². The molecule has 1 fully saturated rings. The highest BCUT2D eigenvalue weighted by Gasteiger charge is 2.22. The van der Waals surface area contributed by atoms with Gasteiger partial charge in [0.2, 0.25) is 10.0 Å². The van der Waals surface area contributed by atoms with Gasteiger partial charge in [0, 0.05) is 40.3 Å². The second kappa shape index (κ2) is 6.09. The first kappa shape index (κ1) is 15.2. The van der Waals surface area contributed by atoms with Crippen molar-refractivity contribution in [2.24, 2.45) is 0 Å². The molecule has 112 valence electrons. The fraction of sp³-hybridized carbons (Fsp3) is 0.538. The van der Waals surface area contributed by atoms with Crippen LogP contribution in [0.3, 0.4) is 0 Å². The van der Waals surface area contributed by atoms with Gasteiger partial charge in [-0.3, -0.25) is 0 Å².